The maximum atomic E-state index is 12.0. The van der Waals surface area contributed by atoms with Crippen molar-refractivity contribution in [2.75, 3.05) is 11.1 Å². The van der Waals surface area contributed by atoms with E-state index in [9.17, 15) is 9.59 Å². The first kappa shape index (κ1) is 15.8. The second kappa shape index (κ2) is 6.44. The summed E-state index contributed by atoms with van der Waals surface area (Å²) < 4.78 is 2.41. The second-order valence-corrected chi connectivity index (χ2v) is 6.35. The van der Waals surface area contributed by atoms with Crippen LogP contribution >= 0.6 is 31.9 Å². The molecule has 1 heterocycles. The average molecular weight is 415 g/mol. The van der Waals surface area contributed by atoms with Crippen LogP contribution in [0.3, 0.4) is 0 Å². The van der Waals surface area contributed by atoms with Crippen LogP contribution in [0.25, 0.3) is 0 Å². The molecule has 21 heavy (non-hydrogen) atoms. The molecule has 0 aliphatic carbocycles. The maximum Gasteiger partial charge on any atom is 0.265 e. The first-order valence-electron chi connectivity index (χ1n) is 6.08. The number of nitrogen functional groups attached to an aromatic ring is 1. The molecule has 2 rings (SSSR count). The van der Waals surface area contributed by atoms with Gasteiger partial charge in [-0.3, -0.25) is 9.59 Å². The number of aromatic nitrogens is 1. The Morgan fingerprint density at radius 2 is 2.05 bits per heavy atom. The lowest BCUT2D eigenvalue weighted by Crippen LogP contribution is -2.27. The largest absolute Gasteiger partial charge is 0.397 e. The van der Waals surface area contributed by atoms with Crippen molar-refractivity contribution in [2.45, 2.75) is 13.5 Å². The van der Waals surface area contributed by atoms with Gasteiger partial charge in [0.25, 0.3) is 5.56 Å². The highest BCUT2D eigenvalue weighted by Gasteiger charge is 2.09. The number of hydrogen-bond donors (Lipinski definition) is 2. The Morgan fingerprint density at radius 1 is 1.33 bits per heavy atom. The number of aryl methyl sites for hydroxylation is 1. The summed E-state index contributed by atoms with van der Waals surface area (Å²) in [7, 11) is 0. The molecule has 5 nitrogen and oxygen atoms in total. The van der Waals surface area contributed by atoms with Gasteiger partial charge in [-0.25, -0.2) is 0 Å². The number of halogens is 2. The highest BCUT2D eigenvalue weighted by Crippen LogP contribution is 2.19. The number of nitrogens with two attached hydrogens (primary N) is 1. The van der Waals surface area contributed by atoms with Crippen LogP contribution in [-0.2, 0) is 11.3 Å². The Bertz CT molecular complexity index is 756. The summed E-state index contributed by atoms with van der Waals surface area (Å²) in [5.74, 6) is -0.322. The minimum atomic E-state index is -0.322. The number of amides is 1. The summed E-state index contributed by atoms with van der Waals surface area (Å²) in [4.78, 5) is 23.9. The van der Waals surface area contributed by atoms with E-state index in [0.717, 1.165) is 5.56 Å². The molecule has 0 bridgehead atoms. The zero-order valence-corrected chi connectivity index (χ0v) is 14.4. The molecule has 0 fully saturated rings. The zero-order chi connectivity index (χ0) is 15.6. The lowest BCUT2D eigenvalue weighted by atomic mass is 10.2. The molecule has 110 valence electrons. The van der Waals surface area contributed by atoms with Crippen LogP contribution in [0.15, 0.2) is 44.2 Å². The third kappa shape index (κ3) is 3.95. The minimum absolute atomic E-state index is 0.0931. The van der Waals surface area contributed by atoms with Gasteiger partial charge in [0, 0.05) is 10.7 Å². The van der Waals surface area contributed by atoms with Crippen LogP contribution in [0.5, 0.6) is 0 Å². The van der Waals surface area contributed by atoms with Gasteiger partial charge in [-0.05, 0) is 62.5 Å². The summed E-state index contributed by atoms with van der Waals surface area (Å²) >= 11 is 6.44. The summed E-state index contributed by atoms with van der Waals surface area (Å²) in [6.45, 7) is 1.82. The van der Waals surface area contributed by atoms with Gasteiger partial charge in [0.2, 0.25) is 5.91 Å². The van der Waals surface area contributed by atoms with Crippen molar-refractivity contribution in [1.82, 2.24) is 4.57 Å². The standard InChI is InChI=1S/C14H13Br2N3O2/c1-8-2-3-12(11(17)4-8)18-13(20)7-19-6-9(15)5-10(16)14(19)21/h2-6H,7,17H2,1H3,(H,18,20). The van der Waals surface area contributed by atoms with E-state index in [1.54, 1.807) is 24.4 Å². The van der Waals surface area contributed by atoms with E-state index in [1.165, 1.54) is 4.57 Å². The molecule has 0 aliphatic rings. The number of rotatable bonds is 3. The minimum Gasteiger partial charge on any atom is -0.397 e. The summed E-state index contributed by atoms with van der Waals surface area (Å²) in [5, 5.41) is 2.70. The van der Waals surface area contributed by atoms with Crippen molar-refractivity contribution < 1.29 is 4.79 Å². The van der Waals surface area contributed by atoms with Gasteiger partial charge in [-0.2, -0.15) is 0 Å². The number of carbonyl (C=O) groups excluding carboxylic acids is 1. The highest BCUT2D eigenvalue weighted by atomic mass is 79.9. The number of hydrogen-bond acceptors (Lipinski definition) is 3. The Morgan fingerprint density at radius 3 is 2.71 bits per heavy atom. The lowest BCUT2D eigenvalue weighted by Gasteiger charge is -2.10. The quantitative estimate of drug-likeness (QED) is 0.758. The van der Waals surface area contributed by atoms with E-state index in [-0.39, 0.29) is 18.0 Å². The average Bonchev–Trinajstić information content (AvgIpc) is 2.38. The smallest absolute Gasteiger partial charge is 0.265 e. The molecule has 1 aromatic heterocycles. The molecule has 0 aliphatic heterocycles. The van der Waals surface area contributed by atoms with Gasteiger partial charge >= 0.3 is 0 Å². The first-order valence-corrected chi connectivity index (χ1v) is 7.67. The van der Waals surface area contributed by atoms with Crippen molar-refractivity contribution in [2.24, 2.45) is 0 Å². The molecule has 7 heteroatoms. The van der Waals surface area contributed by atoms with E-state index in [2.05, 4.69) is 37.2 Å². The molecule has 3 N–H and O–H groups in total. The van der Waals surface area contributed by atoms with Crippen LogP contribution < -0.4 is 16.6 Å². The summed E-state index contributed by atoms with van der Waals surface area (Å²) in [5.41, 5.74) is 7.61. The first-order chi connectivity index (χ1) is 9.86. The molecule has 0 saturated heterocycles. The third-order valence-electron chi connectivity index (χ3n) is 2.80. The van der Waals surface area contributed by atoms with Crippen LogP contribution in [0.1, 0.15) is 5.56 Å². The fourth-order valence-electron chi connectivity index (χ4n) is 1.82. The van der Waals surface area contributed by atoms with Gasteiger partial charge in [-0.15, -0.1) is 0 Å². The topological polar surface area (TPSA) is 77.1 Å². The van der Waals surface area contributed by atoms with Crippen LogP contribution in [0.2, 0.25) is 0 Å². The molecule has 1 amide bonds. The lowest BCUT2D eigenvalue weighted by molar-refractivity contribution is -0.116. The molecule has 0 saturated carbocycles. The number of pyridine rings is 1. The molecule has 0 atom stereocenters. The molecule has 0 radical (unpaired) electrons. The van der Waals surface area contributed by atoms with Crippen molar-refractivity contribution >= 4 is 49.1 Å². The normalized spacial score (nSPS) is 10.4. The summed E-state index contributed by atoms with van der Waals surface area (Å²) in [6, 6.07) is 7.00. The highest BCUT2D eigenvalue weighted by molar-refractivity contribution is 9.11. The van der Waals surface area contributed by atoms with Gasteiger partial charge in [0.05, 0.1) is 15.8 Å². The van der Waals surface area contributed by atoms with E-state index < -0.39 is 0 Å². The predicted octanol–water partition coefficient (Wildman–Crippen LogP) is 2.90. The Hall–Kier alpha value is -1.60. The number of nitrogens with zero attached hydrogens (tertiary/aromatic N) is 1. The van der Waals surface area contributed by atoms with Gasteiger partial charge in [-0.1, -0.05) is 6.07 Å². The molecule has 0 spiro atoms. The van der Waals surface area contributed by atoms with Gasteiger partial charge in [0.15, 0.2) is 0 Å². The van der Waals surface area contributed by atoms with E-state index >= 15 is 0 Å². The second-order valence-electron chi connectivity index (χ2n) is 4.58. The van der Waals surface area contributed by atoms with Crippen molar-refractivity contribution in [3.63, 3.8) is 0 Å². The maximum absolute atomic E-state index is 12.0. The number of anilines is 2. The fourth-order valence-corrected chi connectivity index (χ4v) is 3.08. The molecule has 0 unspecified atom stereocenters. The Balaban J connectivity index is 2.17. The van der Waals surface area contributed by atoms with Crippen molar-refractivity contribution in [3.05, 3.63) is 55.3 Å². The molecule has 1 aromatic carbocycles. The molecular formula is C14H13Br2N3O2. The monoisotopic (exact) mass is 413 g/mol. The van der Waals surface area contributed by atoms with E-state index in [4.69, 9.17) is 5.73 Å². The Labute approximate surface area is 138 Å². The predicted molar refractivity (Wildman–Crippen MR) is 90.3 cm³/mol. The van der Waals surface area contributed by atoms with E-state index in [0.29, 0.717) is 20.3 Å². The SMILES string of the molecule is Cc1ccc(NC(=O)Cn2cc(Br)cc(Br)c2=O)c(N)c1. The van der Waals surface area contributed by atoms with Crippen LogP contribution in [0, 0.1) is 6.92 Å². The van der Waals surface area contributed by atoms with Crippen molar-refractivity contribution in [3.8, 4) is 0 Å². The van der Waals surface area contributed by atoms with E-state index in [1.807, 2.05) is 13.0 Å². The summed E-state index contributed by atoms with van der Waals surface area (Å²) in [6.07, 6.45) is 1.56. The number of nitrogens with one attached hydrogen (secondary N) is 1. The van der Waals surface area contributed by atoms with Crippen molar-refractivity contribution in [1.29, 1.82) is 0 Å². The third-order valence-corrected chi connectivity index (χ3v) is 3.81. The Kier molecular flexibility index (Phi) is 4.84. The van der Waals surface area contributed by atoms with Gasteiger partial charge < -0.3 is 15.6 Å². The fraction of sp³-hybridized carbons (Fsp3) is 0.143. The zero-order valence-electron chi connectivity index (χ0n) is 11.2. The van der Waals surface area contributed by atoms with Gasteiger partial charge in [0.1, 0.15) is 6.54 Å². The number of benzene rings is 1. The molecular weight excluding hydrogens is 402 g/mol. The number of carbonyl (C=O) groups is 1. The van der Waals surface area contributed by atoms with Crippen LogP contribution in [0.4, 0.5) is 11.4 Å². The molecule has 2 aromatic rings. The van der Waals surface area contributed by atoms with Crippen LogP contribution in [-0.4, -0.2) is 10.5 Å².